The largest absolute Gasteiger partial charge is 0.310 e. The van der Waals surface area contributed by atoms with E-state index in [0.717, 1.165) is 33.1 Å². The number of para-hydroxylation sites is 3. The minimum Gasteiger partial charge on any atom is -0.310 e. The molecule has 0 N–H and O–H groups in total. The van der Waals surface area contributed by atoms with Crippen molar-refractivity contribution in [3.05, 3.63) is 175 Å². The van der Waals surface area contributed by atoms with Crippen molar-refractivity contribution in [1.82, 2.24) is 9.55 Å². The second-order valence-corrected chi connectivity index (χ2v) is 13.6. The number of anilines is 3. The van der Waals surface area contributed by atoms with Gasteiger partial charge in [0.1, 0.15) is 5.01 Å². The molecule has 0 unspecified atom stereocenters. The van der Waals surface area contributed by atoms with E-state index >= 15 is 0 Å². The van der Waals surface area contributed by atoms with Crippen LogP contribution in [0.2, 0.25) is 0 Å². The molecule has 3 nitrogen and oxygen atoms in total. The Morgan fingerprint density at radius 3 is 1.82 bits per heavy atom. The number of hydrogen-bond acceptors (Lipinski definition) is 3. The van der Waals surface area contributed by atoms with Gasteiger partial charge in [-0.15, -0.1) is 11.3 Å². The highest BCUT2D eigenvalue weighted by Crippen LogP contribution is 2.41. The van der Waals surface area contributed by atoms with E-state index in [1.807, 2.05) is 6.07 Å². The molecule has 7 aromatic carbocycles. The number of aryl methyl sites for hydroxylation is 2. The molecule has 0 fully saturated rings. The third-order valence-electron chi connectivity index (χ3n) is 9.42. The van der Waals surface area contributed by atoms with Crippen molar-refractivity contribution in [2.75, 3.05) is 4.90 Å². The van der Waals surface area contributed by atoms with E-state index in [4.69, 9.17) is 4.98 Å². The van der Waals surface area contributed by atoms with Crippen LogP contribution in [0.4, 0.5) is 17.1 Å². The van der Waals surface area contributed by atoms with Crippen molar-refractivity contribution in [3.63, 3.8) is 0 Å². The summed E-state index contributed by atoms with van der Waals surface area (Å²) in [5, 5.41) is 3.53. The van der Waals surface area contributed by atoms with Gasteiger partial charge in [-0.05, 0) is 109 Å². The predicted molar refractivity (Wildman–Crippen MR) is 209 cm³/mol. The highest BCUT2D eigenvalue weighted by molar-refractivity contribution is 7.21. The second-order valence-electron chi connectivity index (χ2n) is 12.6. The Morgan fingerprint density at radius 2 is 1.12 bits per heavy atom. The first kappa shape index (κ1) is 29.2. The fourth-order valence-electron chi connectivity index (χ4n) is 7.29. The quantitative estimate of drug-likeness (QED) is 0.179. The van der Waals surface area contributed by atoms with E-state index in [9.17, 15) is 0 Å². The zero-order valence-electron chi connectivity index (χ0n) is 27.3. The van der Waals surface area contributed by atoms with Gasteiger partial charge in [-0.2, -0.15) is 0 Å². The second kappa shape index (κ2) is 11.9. The van der Waals surface area contributed by atoms with Gasteiger partial charge in [-0.3, -0.25) is 0 Å². The molecule has 234 valence electrons. The number of fused-ring (bicyclic) bond motifs is 4. The minimum absolute atomic E-state index is 1.04. The van der Waals surface area contributed by atoms with Crippen LogP contribution in [0.5, 0.6) is 0 Å². The summed E-state index contributed by atoms with van der Waals surface area (Å²) in [6, 6.07) is 58.7. The SMILES string of the molecule is Cc1cc(-n2c3ccccc3c3cc(N(c4ccccc4)c4ccccc4)ccc32)cc(C)c1-c1ccc2nc(-c3ccccc3)sc2c1. The van der Waals surface area contributed by atoms with Crippen molar-refractivity contribution in [1.29, 1.82) is 0 Å². The normalized spacial score (nSPS) is 11.5. The van der Waals surface area contributed by atoms with E-state index in [2.05, 4.69) is 181 Å². The number of benzene rings is 7. The van der Waals surface area contributed by atoms with Crippen LogP contribution in [-0.2, 0) is 0 Å². The molecule has 0 spiro atoms. The van der Waals surface area contributed by atoms with E-state index in [0.29, 0.717) is 0 Å². The molecule has 0 aliphatic carbocycles. The molecule has 0 amide bonds. The summed E-state index contributed by atoms with van der Waals surface area (Å²) in [4.78, 5) is 7.26. The van der Waals surface area contributed by atoms with Gasteiger partial charge in [-0.1, -0.05) is 91.0 Å². The monoisotopic (exact) mass is 647 g/mol. The van der Waals surface area contributed by atoms with Crippen LogP contribution < -0.4 is 4.90 Å². The highest BCUT2D eigenvalue weighted by atomic mass is 32.1. The van der Waals surface area contributed by atoms with Gasteiger partial charge in [0, 0.05) is 39.1 Å². The first-order valence-corrected chi connectivity index (χ1v) is 17.5. The van der Waals surface area contributed by atoms with Crippen molar-refractivity contribution in [3.8, 4) is 27.4 Å². The van der Waals surface area contributed by atoms with Crippen molar-refractivity contribution < 1.29 is 0 Å². The molecular weight excluding hydrogens is 615 g/mol. The average Bonchev–Trinajstić information content (AvgIpc) is 3.72. The van der Waals surface area contributed by atoms with Gasteiger partial charge >= 0.3 is 0 Å². The van der Waals surface area contributed by atoms with Gasteiger partial charge in [-0.25, -0.2) is 4.98 Å². The number of rotatable bonds is 6. The number of hydrogen-bond donors (Lipinski definition) is 0. The highest BCUT2D eigenvalue weighted by Gasteiger charge is 2.19. The Bertz CT molecular complexity index is 2560. The maximum atomic E-state index is 4.93. The molecular formula is C45H33N3S. The number of thiazole rings is 1. The molecule has 0 atom stereocenters. The molecule has 2 heterocycles. The topological polar surface area (TPSA) is 21.1 Å². The lowest BCUT2D eigenvalue weighted by Gasteiger charge is -2.25. The third kappa shape index (κ3) is 5.09. The molecule has 4 heteroatoms. The van der Waals surface area contributed by atoms with Crippen LogP contribution in [-0.4, -0.2) is 9.55 Å². The number of aromatic nitrogens is 2. The molecule has 2 aromatic heterocycles. The van der Waals surface area contributed by atoms with Gasteiger partial charge in [0.15, 0.2) is 0 Å². The molecule has 0 aliphatic heterocycles. The van der Waals surface area contributed by atoms with Gasteiger partial charge in [0.05, 0.1) is 21.3 Å². The van der Waals surface area contributed by atoms with Crippen LogP contribution >= 0.6 is 11.3 Å². The summed E-state index contributed by atoms with van der Waals surface area (Å²) < 4.78 is 3.63. The molecule has 9 rings (SSSR count). The van der Waals surface area contributed by atoms with Crippen LogP contribution in [0.1, 0.15) is 11.1 Å². The van der Waals surface area contributed by atoms with E-state index in [-0.39, 0.29) is 0 Å². The van der Waals surface area contributed by atoms with Crippen LogP contribution in [0.3, 0.4) is 0 Å². The zero-order valence-corrected chi connectivity index (χ0v) is 28.2. The maximum absolute atomic E-state index is 4.93. The Morgan fingerprint density at radius 1 is 0.510 bits per heavy atom. The van der Waals surface area contributed by atoms with Crippen molar-refractivity contribution in [2.24, 2.45) is 0 Å². The van der Waals surface area contributed by atoms with Gasteiger partial charge < -0.3 is 9.47 Å². The fraction of sp³-hybridized carbons (Fsp3) is 0.0444. The lowest BCUT2D eigenvalue weighted by Crippen LogP contribution is -2.09. The van der Waals surface area contributed by atoms with Crippen LogP contribution in [0, 0.1) is 13.8 Å². The Hall–Kier alpha value is -5.97. The van der Waals surface area contributed by atoms with Crippen molar-refractivity contribution >= 4 is 60.4 Å². The summed E-state index contributed by atoms with van der Waals surface area (Å²) >= 11 is 1.76. The smallest absolute Gasteiger partial charge is 0.124 e. The van der Waals surface area contributed by atoms with Crippen LogP contribution in [0.15, 0.2) is 164 Å². The molecule has 0 radical (unpaired) electrons. The predicted octanol–water partition coefficient (Wildman–Crippen LogP) is 12.8. The van der Waals surface area contributed by atoms with E-state index in [1.54, 1.807) is 11.3 Å². The lowest BCUT2D eigenvalue weighted by molar-refractivity contribution is 1.16. The van der Waals surface area contributed by atoms with E-state index < -0.39 is 0 Å². The zero-order chi connectivity index (χ0) is 32.9. The number of nitrogens with zero attached hydrogens (tertiary/aromatic N) is 3. The lowest BCUT2D eigenvalue weighted by atomic mass is 9.95. The fourth-order valence-corrected chi connectivity index (χ4v) is 8.30. The Labute approximate surface area is 290 Å². The minimum atomic E-state index is 1.04. The Kier molecular flexibility index (Phi) is 7.10. The summed E-state index contributed by atoms with van der Waals surface area (Å²) in [5.74, 6) is 0. The first-order valence-electron chi connectivity index (χ1n) is 16.6. The molecule has 0 aliphatic rings. The Balaban J connectivity index is 1.16. The molecule has 0 saturated heterocycles. The third-order valence-corrected chi connectivity index (χ3v) is 10.5. The maximum Gasteiger partial charge on any atom is 0.124 e. The van der Waals surface area contributed by atoms with Crippen molar-refractivity contribution in [2.45, 2.75) is 13.8 Å². The van der Waals surface area contributed by atoms with E-state index in [1.165, 1.54) is 54.4 Å². The molecule has 9 aromatic rings. The molecule has 0 bridgehead atoms. The molecule has 49 heavy (non-hydrogen) atoms. The van der Waals surface area contributed by atoms with Gasteiger partial charge in [0.25, 0.3) is 0 Å². The van der Waals surface area contributed by atoms with Gasteiger partial charge in [0.2, 0.25) is 0 Å². The summed E-state index contributed by atoms with van der Waals surface area (Å²) in [7, 11) is 0. The average molecular weight is 648 g/mol. The summed E-state index contributed by atoms with van der Waals surface area (Å²) in [6.45, 7) is 4.48. The first-order chi connectivity index (χ1) is 24.1. The standard InChI is InChI=1S/C45H33N3S/c1-30-26-37(27-31(2)44(30)33-22-24-40-43(28-33)49-45(46-40)32-14-6-3-7-15-32)48-41-21-13-12-20-38(41)39-29-36(23-25-42(39)48)47(34-16-8-4-9-17-34)35-18-10-5-11-19-35/h3-29H,1-2H3. The van der Waals surface area contributed by atoms with Crippen LogP contribution in [0.25, 0.3) is 59.4 Å². The summed E-state index contributed by atoms with van der Waals surface area (Å²) in [5.41, 5.74) is 14.2. The summed E-state index contributed by atoms with van der Waals surface area (Å²) in [6.07, 6.45) is 0. The molecule has 0 saturated carbocycles.